The predicted octanol–water partition coefficient (Wildman–Crippen LogP) is 2.55. The number of hydrogen-bond donors (Lipinski definition) is 0. The third-order valence-electron chi connectivity index (χ3n) is 2.04. The summed E-state index contributed by atoms with van der Waals surface area (Å²) in [6.45, 7) is 3.59. The summed E-state index contributed by atoms with van der Waals surface area (Å²) in [5, 5.41) is 0. The van der Waals surface area contributed by atoms with E-state index in [1.165, 1.54) is 0 Å². The van der Waals surface area contributed by atoms with Gasteiger partial charge in [0.1, 0.15) is 5.78 Å². The Hall–Kier alpha value is -1.44. The van der Waals surface area contributed by atoms with Crippen molar-refractivity contribution in [2.24, 2.45) is 0 Å². The minimum Gasteiger partial charge on any atom is -0.300 e. The SMILES string of the molecule is C=CCCC(=O)CCc1cccnc1. The first-order valence-electron chi connectivity index (χ1n) is 4.84. The number of hydrogen-bond acceptors (Lipinski definition) is 2. The number of pyridine rings is 1. The van der Waals surface area contributed by atoms with Crippen molar-refractivity contribution >= 4 is 5.78 Å². The highest BCUT2D eigenvalue weighted by Crippen LogP contribution is 2.03. The molecule has 0 unspecified atom stereocenters. The van der Waals surface area contributed by atoms with Gasteiger partial charge >= 0.3 is 0 Å². The van der Waals surface area contributed by atoms with Crippen LogP contribution in [0.4, 0.5) is 0 Å². The van der Waals surface area contributed by atoms with Gasteiger partial charge in [-0.25, -0.2) is 0 Å². The molecular weight excluding hydrogens is 174 g/mol. The molecule has 0 aromatic carbocycles. The summed E-state index contributed by atoms with van der Waals surface area (Å²) in [6, 6.07) is 3.89. The van der Waals surface area contributed by atoms with E-state index in [0.717, 1.165) is 18.4 Å². The summed E-state index contributed by atoms with van der Waals surface area (Å²) in [6.07, 6.45) is 8.13. The Kier molecular flexibility index (Phi) is 4.62. The average molecular weight is 189 g/mol. The summed E-state index contributed by atoms with van der Waals surface area (Å²) in [4.78, 5) is 15.3. The van der Waals surface area contributed by atoms with Gasteiger partial charge in [-0.05, 0) is 24.5 Å². The fraction of sp³-hybridized carbons (Fsp3) is 0.333. The van der Waals surface area contributed by atoms with Gasteiger partial charge in [0.25, 0.3) is 0 Å². The highest BCUT2D eigenvalue weighted by molar-refractivity contribution is 5.78. The van der Waals surface area contributed by atoms with Crippen LogP contribution in [0.5, 0.6) is 0 Å². The number of ketones is 1. The monoisotopic (exact) mass is 189 g/mol. The molecule has 2 heteroatoms. The number of aryl methyl sites for hydroxylation is 1. The number of Topliss-reactive ketones (excluding diaryl/α,β-unsaturated/α-hetero) is 1. The van der Waals surface area contributed by atoms with Crippen LogP contribution in [0, 0.1) is 0 Å². The minimum atomic E-state index is 0.300. The summed E-state index contributed by atoms with van der Waals surface area (Å²) in [5.74, 6) is 0.300. The first-order chi connectivity index (χ1) is 6.83. The number of carbonyl (C=O) groups is 1. The first kappa shape index (κ1) is 10.6. The van der Waals surface area contributed by atoms with Gasteiger partial charge in [0, 0.05) is 25.2 Å². The normalized spacial score (nSPS) is 9.71. The van der Waals surface area contributed by atoms with E-state index in [4.69, 9.17) is 0 Å². The van der Waals surface area contributed by atoms with Crippen LogP contribution < -0.4 is 0 Å². The molecule has 0 aliphatic carbocycles. The molecule has 74 valence electrons. The number of rotatable bonds is 6. The zero-order valence-corrected chi connectivity index (χ0v) is 8.28. The third-order valence-corrected chi connectivity index (χ3v) is 2.04. The lowest BCUT2D eigenvalue weighted by atomic mass is 10.1. The van der Waals surface area contributed by atoms with Crippen molar-refractivity contribution < 1.29 is 4.79 Å². The van der Waals surface area contributed by atoms with E-state index < -0.39 is 0 Å². The molecule has 1 rings (SSSR count). The lowest BCUT2D eigenvalue weighted by Gasteiger charge is -1.99. The molecular formula is C12H15NO. The van der Waals surface area contributed by atoms with Gasteiger partial charge in [-0.2, -0.15) is 0 Å². The molecule has 0 aliphatic rings. The van der Waals surface area contributed by atoms with Gasteiger partial charge in [0.05, 0.1) is 0 Å². The Bertz CT molecular complexity index is 292. The predicted molar refractivity (Wildman–Crippen MR) is 57.0 cm³/mol. The molecule has 0 amide bonds. The quantitative estimate of drug-likeness (QED) is 0.644. The van der Waals surface area contributed by atoms with E-state index in [1.54, 1.807) is 18.5 Å². The molecule has 0 N–H and O–H groups in total. The Morgan fingerprint density at radius 1 is 1.50 bits per heavy atom. The minimum absolute atomic E-state index is 0.300. The van der Waals surface area contributed by atoms with Gasteiger partial charge < -0.3 is 0 Å². The Labute approximate surface area is 84.7 Å². The molecule has 2 nitrogen and oxygen atoms in total. The second kappa shape index (κ2) is 6.08. The maximum absolute atomic E-state index is 11.3. The van der Waals surface area contributed by atoms with Crippen molar-refractivity contribution in [1.29, 1.82) is 0 Å². The fourth-order valence-corrected chi connectivity index (χ4v) is 1.22. The molecule has 1 aromatic rings. The highest BCUT2D eigenvalue weighted by atomic mass is 16.1. The van der Waals surface area contributed by atoms with Gasteiger partial charge in [0.2, 0.25) is 0 Å². The molecule has 0 radical (unpaired) electrons. The summed E-state index contributed by atoms with van der Waals surface area (Å²) in [5.41, 5.74) is 1.12. The third kappa shape index (κ3) is 3.99. The topological polar surface area (TPSA) is 30.0 Å². The van der Waals surface area contributed by atoms with Crippen molar-refractivity contribution in [1.82, 2.24) is 4.98 Å². The Morgan fingerprint density at radius 2 is 2.36 bits per heavy atom. The van der Waals surface area contributed by atoms with Crippen molar-refractivity contribution in [2.75, 3.05) is 0 Å². The standard InChI is InChI=1S/C12H15NO/c1-2-3-6-12(14)8-7-11-5-4-9-13-10-11/h2,4-5,9-10H,1,3,6-8H2. The maximum Gasteiger partial charge on any atom is 0.133 e. The summed E-state index contributed by atoms with van der Waals surface area (Å²) < 4.78 is 0. The average Bonchev–Trinajstić information content (AvgIpc) is 2.25. The fourth-order valence-electron chi connectivity index (χ4n) is 1.22. The van der Waals surface area contributed by atoms with Gasteiger partial charge in [0.15, 0.2) is 0 Å². The smallest absolute Gasteiger partial charge is 0.133 e. The summed E-state index contributed by atoms with van der Waals surface area (Å²) in [7, 11) is 0. The van der Waals surface area contributed by atoms with E-state index in [1.807, 2.05) is 12.1 Å². The van der Waals surface area contributed by atoms with E-state index in [0.29, 0.717) is 18.6 Å². The van der Waals surface area contributed by atoms with E-state index in [9.17, 15) is 4.79 Å². The van der Waals surface area contributed by atoms with Crippen LogP contribution in [0.1, 0.15) is 24.8 Å². The first-order valence-corrected chi connectivity index (χ1v) is 4.84. The van der Waals surface area contributed by atoms with E-state index in [2.05, 4.69) is 11.6 Å². The Balaban J connectivity index is 2.27. The number of nitrogens with zero attached hydrogens (tertiary/aromatic N) is 1. The van der Waals surface area contributed by atoms with Crippen molar-refractivity contribution in [3.05, 3.63) is 42.7 Å². The van der Waals surface area contributed by atoms with Gasteiger partial charge in [-0.15, -0.1) is 6.58 Å². The van der Waals surface area contributed by atoms with Crippen LogP contribution in [0.2, 0.25) is 0 Å². The summed E-state index contributed by atoms with van der Waals surface area (Å²) >= 11 is 0. The van der Waals surface area contributed by atoms with Crippen molar-refractivity contribution in [3.63, 3.8) is 0 Å². The van der Waals surface area contributed by atoms with Crippen LogP contribution in [0.3, 0.4) is 0 Å². The van der Waals surface area contributed by atoms with Crippen LogP contribution >= 0.6 is 0 Å². The molecule has 0 fully saturated rings. The molecule has 0 atom stereocenters. The molecule has 0 saturated carbocycles. The largest absolute Gasteiger partial charge is 0.300 e. The zero-order valence-electron chi connectivity index (χ0n) is 8.28. The molecule has 0 aliphatic heterocycles. The van der Waals surface area contributed by atoms with E-state index >= 15 is 0 Å². The second-order valence-corrected chi connectivity index (χ2v) is 3.23. The van der Waals surface area contributed by atoms with Crippen LogP contribution in [-0.2, 0) is 11.2 Å². The molecule has 0 spiro atoms. The van der Waals surface area contributed by atoms with Crippen LogP contribution in [0.15, 0.2) is 37.2 Å². The molecule has 0 bridgehead atoms. The van der Waals surface area contributed by atoms with Gasteiger partial charge in [-0.3, -0.25) is 9.78 Å². The number of allylic oxidation sites excluding steroid dienone is 1. The maximum atomic E-state index is 11.3. The van der Waals surface area contributed by atoms with Crippen molar-refractivity contribution in [3.8, 4) is 0 Å². The molecule has 1 aromatic heterocycles. The molecule has 14 heavy (non-hydrogen) atoms. The van der Waals surface area contributed by atoms with Crippen molar-refractivity contribution in [2.45, 2.75) is 25.7 Å². The highest BCUT2D eigenvalue weighted by Gasteiger charge is 2.00. The molecule has 0 saturated heterocycles. The molecule has 1 heterocycles. The van der Waals surface area contributed by atoms with E-state index in [-0.39, 0.29) is 0 Å². The van der Waals surface area contributed by atoms with Gasteiger partial charge in [-0.1, -0.05) is 12.1 Å². The Morgan fingerprint density at radius 3 is 3.00 bits per heavy atom. The second-order valence-electron chi connectivity index (χ2n) is 3.23. The lowest BCUT2D eigenvalue weighted by molar-refractivity contribution is -0.118. The lowest BCUT2D eigenvalue weighted by Crippen LogP contribution is -1.99. The number of carbonyl (C=O) groups excluding carboxylic acids is 1. The number of aromatic nitrogens is 1. The zero-order chi connectivity index (χ0) is 10.2. The van der Waals surface area contributed by atoms with Crippen LogP contribution in [0.25, 0.3) is 0 Å². The van der Waals surface area contributed by atoms with Crippen LogP contribution in [-0.4, -0.2) is 10.8 Å².